The van der Waals surface area contributed by atoms with Gasteiger partial charge in [-0.3, -0.25) is 4.99 Å². The lowest BCUT2D eigenvalue weighted by molar-refractivity contribution is 0.157. The minimum Gasteiger partial charge on any atom is -0.384 e. The van der Waals surface area contributed by atoms with Crippen LogP contribution in [0.2, 0.25) is 0 Å². The van der Waals surface area contributed by atoms with Crippen LogP contribution in [0.15, 0.2) is 23.2 Å². The Morgan fingerprint density at radius 2 is 2.21 bits per heavy atom. The van der Waals surface area contributed by atoms with Gasteiger partial charge in [0.25, 0.3) is 0 Å². The molecule has 4 nitrogen and oxygen atoms in total. The Morgan fingerprint density at radius 3 is 2.88 bits per heavy atom. The minimum atomic E-state index is -0.552. The highest BCUT2D eigenvalue weighted by Gasteiger charge is 2.24. The third-order valence-electron chi connectivity index (χ3n) is 3.98. The van der Waals surface area contributed by atoms with Crippen molar-refractivity contribution in [2.24, 2.45) is 10.9 Å². The predicted octanol–water partition coefficient (Wildman–Crippen LogP) is 3.06. The van der Waals surface area contributed by atoms with Crippen molar-refractivity contribution in [3.05, 3.63) is 35.4 Å². The summed E-state index contributed by atoms with van der Waals surface area (Å²) in [5, 5.41) is 3.28. The molecular formula is C17H26F2IN3O. The van der Waals surface area contributed by atoms with E-state index in [0.29, 0.717) is 24.4 Å². The van der Waals surface area contributed by atoms with Crippen LogP contribution in [0.4, 0.5) is 8.78 Å². The maximum absolute atomic E-state index is 13.6. The molecule has 0 aliphatic carbocycles. The molecule has 1 aromatic rings. The van der Waals surface area contributed by atoms with Gasteiger partial charge >= 0.3 is 0 Å². The normalized spacial score (nSPS) is 17.8. The van der Waals surface area contributed by atoms with Crippen molar-refractivity contribution >= 4 is 29.9 Å². The van der Waals surface area contributed by atoms with Crippen molar-refractivity contribution in [2.75, 3.05) is 39.9 Å². The molecule has 1 aliphatic heterocycles. The van der Waals surface area contributed by atoms with Crippen molar-refractivity contribution in [3.8, 4) is 0 Å². The largest absolute Gasteiger partial charge is 0.384 e. The SMILES string of the molecule is CCNC(=NCCc1ccc(F)cc1F)N1CCC(COC)C1.I. The van der Waals surface area contributed by atoms with Crippen LogP contribution in [0.1, 0.15) is 18.9 Å². The van der Waals surface area contributed by atoms with Crippen LogP contribution >= 0.6 is 24.0 Å². The molecule has 1 aromatic carbocycles. The minimum absolute atomic E-state index is 0. The Labute approximate surface area is 159 Å². The summed E-state index contributed by atoms with van der Waals surface area (Å²) < 4.78 is 31.8. The van der Waals surface area contributed by atoms with Crippen LogP contribution in [-0.4, -0.2) is 50.8 Å². The molecule has 1 heterocycles. The summed E-state index contributed by atoms with van der Waals surface area (Å²) in [7, 11) is 1.72. The Kier molecular flexibility index (Phi) is 9.50. The first-order valence-electron chi connectivity index (χ1n) is 8.10. The summed E-state index contributed by atoms with van der Waals surface area (Å²) in [4.78, 5) is 6.80. The summed E-state index contributed by atoms with van der Waals surface area (Å²) in [5.74, 6) is 0.322. The molecule has 1 atom stereocenters. The van der Waals surface area contributed by atoms with Gasteiger partial charge in [0.1, 0.15) is 11.6 Å². The van der Waals surface area contributed by atoms with Crippen LogP contribution in [0, 0.1) is 17.6 Å². The zero-order valence-electron chi connectivity index (χ0n) is 14.2. The first-order chi connectivity index (χ1) is 11.1. The number of hydrogen-bond donors (Lipinski definition) is 1. The van der Waals surface area contributed by atoms with Crippen molar-refractivity contribution in [3.63, 3.8) is 0 Å². The molecule has 0 bridgehead atoms. The lowest BCUT2D eigenvalue weighted by Gasteiger charge is -2.21. The zero-order valence-corrected chi connectivity index (χ0v) is 16.6. The summed E-state index contributed by atoms with van der Waals surface area (Å²) in [6.07, 6.45) is 1.54. The Morgan fingerprint density at radius 1 is 1.42 bits per heavy atom. The number of methoxy groups -OCH3 is 1. The second-order valence-corrected chi connectivity index (χ2v) is 5.78. The second kappa shape index (κ2) is 10.8. The van der Waals surface area contributed by atoms with Crippen LogP contribution in [-0.2, 0) is 11.2 Å². The van der Waals surface area contributed by atoms with Crippen LogP contribution in [0.25, 0.3) is 0 Å². The second-order valence-electron chi connectivity index (χ2n) is 5.78. The van der Waals surface area contributed by atoms with Crippen molar-refractivity contribution in [1.29, 1.82) is 0 Å². The van der Waals surface area contributed by atoms with E-state index in [2.05, 4.69) is 15.2 Å². The van der Waals surface area contributed by atoms with E-state index in [4.69, 9.17) is 4.74 Å². The number of hydrogen-bond acceptors (Lipinski definition) is 2. The molecule has 0 radical (unpaired) electrons. The van der Waals surface area contributed by atoms with Gasteiger partial charge in [-0.15, -0.1) is 24.0 Å². The number of benzene rings is 1. The number of ether oxygens (including phenoxy) is 1. The molecular weight excluding hydrogens is 427 g/mol. The first-order valence-corrected chi connectivity index (χ1v) is 8.10. The van der Waals surface area contributed by atoms with Gasteiger partial charge in [-0.05, 0) is 31.4 Å². The van der Waals surface area contributed by atoms with E-state index in [1.807, 2.05) is 6.92 Å². The topological polar surface area (TPSA) is 36.9 Å². The van der Waals surface area contributed by atoms with Crippen LogP contribution in [0.5, 0.6) is 0 Å². The van der Waals surface area contributed by atoms with Crippen molar-refractivity contribution in [2.45, 2.75) is 19.8 Å². The van der Waals surface area contributed by atoms with E-state index < -0.39 is 11.6 Å². The third kappa shape index (κ3) is 6.16. The number of guanidine groups is 1. The predicted molar refractivity (Wildman–Crippen MR) is 103 cm³/mol. The molecule has 136 valence electrons. The standard InChI is InChI=1S/C17H25F2N3O.HI/c1-3-20-17(22-9-7-13(11-22)12-23-2)21-8-6-14-4-5-15(18)10-16(14)19;/h4-5,10,13H,3,6-9,11-12H2,1-2H3,(H,20,21);1H. The molecule has 7 heteroatoms. The lowest BCUT2D eigenvalue weighted by Crippen LogP contribution is -2.40. The number of halogens is 3. The molecule has 0 saturated carbocycles. The fraction of sp³-hybridized carbons (Fsp3) is 0.588. The van der Waals surface area contributed by atoms with Gasteiger partial charge in [0, 0.05) is 45.3 Å². The van der Waals surface area contributed by atoms with Gasteiger partial charge in [0.05, 0.1) is 6.61 Å². The molecule has 0 spiro atoms. The summed E-state index contributed by atoms with van der Waals surface area (Å²) in [6, 6.07) is 3.68. The molecule has 0 amide bonds. The Hall–Kier alpha value is -0.960. The average Bonchev–Trinajstić information content (AvgIpc) is 2.97. The van der Waals surface area contributed by atoms with E-state index in [0.717, 1.165) is 44.7 Å². The highest BCUT2D eigenvalue weighted by Crippen LogP contribution is 2.16. The molecule has 0 aromatic heterocycles. The third-order valence-corrected chi connectivity index (χ3v) is 3.98. The number of aliphatic imine (C=N–C) groups is 1. The van der Waals surface area contributed by atoms with Gasteiger partial charge in [-0.1, -0.05) is 6.07 Å². The maximum Gasteiger partial charge on any atom is 0.193 e. The summed E-state index contributed by atoms with van der Waals surface area (Å²) >= 11 is 0. The van der Waals surface area contributed by atoms with Crippen molar-refractivity contribution < 1.29 is 13.5 Å². The number of rotatable bonds is 6. The average molecular weight is 453 g/mol. The lowest BCUT2D eigenvalue weighted by atomic mass is 10.1. The van der Waals surface area contributed by atoms with Gasteiger partial charge in [0.15, 0.2) is 5.96 Å². The van der Waals surface area contributed by atoms with E-state index in [1.165, 1.54) is 12.1 Å². The smallest absolute Gasteiger partial charge is 0.193 e. The Bertz CT molecular complexity index is 543. The van der Waals surface area contributed by atoms with Crippen molar-refractivity contribution in [1.82, 2.24) is 10.2 Å². The fourth-order valence-corrected chi connectivity index (χ4v) is 2.83. The molecule has 1 N–H and O–H groups in total. The molecule has 1 saturated heterocycles. The highest BCUT2D eigenvalue weighted by atomic mass is 127. The highest BCUT2D eigenvalue weighted by molar-refractivity contribution is 14.0. The van der Waals surface area contributed by atoms with Crippen LogP contribution < -0.4 is 5.32 Å². The summed E-state index contributed by atoms with van der Waals surface area (Å²) in [5.41, 5.74) is 0.490. The number of likely N-dealkylation sites (tertiary alicyclic amines) is 1. The molecule has 1 aliphatic rings. The van der Waals surface area contributed by atoms with Gasteiger partial charge in [-0.2, -0.15) is 0 Å². The number of nitrogens with one attached hydrogen (secondary N) is 1. The molecule has 1 unspecified atom stereocenters. The van der Waals surface area contributed by atoms with Gasteiger partial charge < -0.3 is 15.0 Å². The maximum atomic E-state index is 13.6. The van der Waals surface area contributed by atoms with E-state index in [-0.39, 0.29) is 24.0 Å². The van der Waals surface area contributed by atoms with Gasteiger partial charge in [-0.25, -0.2) is 8.78 Å². The molecule has 24 heavy (non-hydrogen) atoms. The van der Waals surface area contributed by atoms with E-state index >= 15 is 0 Å². The monoisotopic (exact) mass is 453 g/mol. The first kappa shape index (κ1) is 21.1. The van der Waals surface area contributed by atoms with E-state index in [1.54, 1.807) is 7.11 Å². The number of nitrogens with zero attached hydrogens (tertiary/aromatic N) is 2. The summed E-state index contributed by atoms with van der Waals surface area (Å²) in [6.45, 7) is 5.91. The van der Waals surface area contributed by atoms with Gasteiger partial charge in [0.2, 0.25) is 0 Å². The molecule has 2 rings (SSSR count). The van der Waals surface area contributed by atoms with E-state index in [9.17, 15) is 8.78 Å². The quantitative estimate of drug-likeness (QED) is 0.409. The fourth-order valence-electron chi connectivity index (χ4n) is 2.83. The zero-order chi connectivity index (χ0) is 16.7. The van der Waals surface area contributed by atoms with Crippen LogP contribution in [0.3, 0.4) is 0 Å². The Balaban J connectivity index is 0.00000288. The molecule has 1 fully saturated rings.